The fourth-order valence-corrected chi connectivity index (χ4v) is 3.91. The third-order valence-electron chi connectivity index (χ3n) is 4.52. The minimum atomic E-state index is -0.216. The Morgan fingerprint density at radius 1 is 1.33 bits per heavy atom. The minimum Gasteiger partial charge on any atom is -0.491 e. The molecule has 1 fully saturated rings. The van der Waals surface area contributed by atoms with Crippen LogP contribution in [0.4, 0.5) is 10.5 Å². The number of rotatable bonds is 8. The largest absolute Gasteiger partial charge is 0.491 e. The van der Waals surface area contributed by atoms with Gasteiger partial charge in [-0.15, -0.1) is 11.3 Å². The SMILES string of the molecule is CN(C)[C@H](CNC(=O)Nc1ccc(OC[C@H]2CCCO2)cc1)c1cccs1. The van der Waals surface area contributed by atoms with Gasteiger partial charge < -0.3 is 25.0 Å². The van der Waals surface area contributed by atoms with E-state index in [1.165, 1.54) is 4.88 Å². The Morgan fingerprint density at radius 2 is 2.15 bits per heavy atom. The summed E-state index contributed by atoms with van der Waals surface area (Å²) in [4.78, 5) is 15.5. The lowest BCUT2D eigenvalue weighted by Gasteiger charge is -2.23. The number of amides is 2. The van der Waals surface area contributed by atoms with Crippen LogP contribution in [0.1, 0.15) is 23.8 Å². The predicted octanol–water partition coefficient (Wildman–Crippen LogP) is 3.73. The highest BCUT2D eigenvalue weighted by atomic mass is 32.1. The van der Waals surface area contributed by atoms with E-state index in [1.54, 1.807) is 11.3 Å². The molecule has 6 nitrogen and oxygen atoms in total. The highest BCUT2D eigenvalue weighted by Gasteiger charge is 2.17. The summed E-state index contributed by atoms with van der Waals surface area (Å²) in [6, 6.07) is 11.5. The molecule has 1 aromatic carbocycles. The van der Waals surface area contributed by atoms with E-state index in [0.717, 1.165) is 30.9 Å². The molecule has 27 heavy (non-hydrogen) atoms. The molecule has 2 atom stereocenters. The second-order valence-corrected chi connectivity index (χ2v) is 7.78. The van der Waals surface area contributed by atoms with Crippen LogP contribution in [0.25, 0.3) is 0 Å². The quantitative estimate of drug-likeness (QED) is 0.722. The Hall–Kier alpha value is -2.09. The molecule has 2 heterocycles. The molecule has 1 saturated heterocycles. The molecule has 2 aromatic rings. The summed E-state index contributed by atoms with van der Waals surface area (Å²) in [5, 5.41) is 7.86. The molecule has 0 spiro atoms. The van der Waals surface area contributed by atoms with Gasteiger partial charge in [-0.2, -0.15) is 0 Å². The molecule has 0 radical (unpaired) electrons. The first-order chi connectivity index (χ1) is 13.1. The topological polar surface area (TPSA) is 62.8 Å². The number of likely N-dealkylation sites (N-methyl/N-ethyl adjacent to an activating group) is 1. The van der Waals surface area contributed by atoms with Crippen LogP contribution in [0, 0.1) is 0 Å². The molecule has 2 N–H and O–H groups in total. The number of benzene rings is 1. The maximum absolute atomic E-state index is 12.2. The molecule has 1 aliphatic rings. The Balaban J connectivity index is 1.44. The number of urea groups is 1. The molecule has 2 amide bonds. The molecule has 0 unspecified atom stereocenters. The van der Waals surface area contributed by atoms with E-state index in [0.29, 0.717) is 13.2 Å². The van der Waals surface area contributed by atoms with E-state index < -0.39 is 0 Å². The van der Waals surface area contributed by atoms with Crippen molar-refractivity contribution in [2.24, 2.45) is 0 Å². The molecule has 1 aliphatic heterocycles. The lowest BCUT2D eigenvalue weighted by Crippen LogP contribution is -2.36. The summed E-state index contributed by atoms with van der Waals surface area (Å²) >= 11 is 1.69. The fraction of sp³-hybridized carbons (Fsp3) is 0.450. The zero-order valence-electron chi connectivity index (χ0n) is 15.8. The summed E-state index contributed by atoms with van der Waals surface area (Å²) in [5.74, 6) is 0.779. The van der Waals surface area contributed by atoms with Crippen LogP contribution in [-0.4, -0.2) is 50.9 Å². The molecule has 0 saturated carbocycles. The average molecular weight is 390 g/mol. The van der Waals surface area contributed by atoms with Crippen molar-refractivity contribution in [3.63, 3.8) is 0 Å². The Morgan fingerprint density at radius 3 is 2.78 bits per heavy atom. The van der Waals surface area contributed by atoms with Crippen molar-refractivity contribution in [1.82, 2.24) is 10.2 Å². The average Bonchev–Trinajstić information content (AvgIpc) is 3.35. The zero-order chi connectivity index (χ0) is 19.1. The van der Waals surface area contributed by atoms with Gasteiger partial charge in [-0.3, -0.25) is 0 Å². The van der Waals surface area contributed by atoms with Gasteiger partial charge in [-0.25, -0.2) is 4.79 Å². The van der Waals surface area contributed by atoms with Crippen molar-refractivity contribution in [2.45, 2.75) is 25.0 Å². The van der Waals surface area contributed by atoms with Crippen LogP contribution in [-0.2, 0) is 4.74 Å². The van der Waals surface area contributed by atoms with E-state index in [2.05, 4.69) is 21.6 Å². The van der Waals surface area contributed by atoms with Crippen molar-refractivity contribution < 1.29 is 14.3 Å². The normalized spacial score (nSPS) is 17.7. The standard InChI is InChI=1S/C20H27N3O3S/c1-23(2)18(19-6-4-12-27-19)13-21-20(24)22-15-7-9-16(10-8-15)26-14-17-5-3-11-25-17/h4,6-10,12,17-18H,3,5,11,13-14H2,1-2H3,(H2,21,22,24)/t17-,18-/m1/s1. The van der Waals surface area contributed by atoms with Gasteiger partial charge in [-0.05, 0) is 62.6 Å². The Kier molecular flexibility index (Phi) is 7.09. The van der Waals surface area contributed by atoms with Crippen LogP contribution < -0.4 is 15.4 Å². The molecule has 3 rings (SSSR count). The van der Waals surface area contributed by atoms with Crippen molar-refractivity contribution >= 4 is 23.1 Å². The Labute approximate surface area is 164 Å². The maximum atomic E-state index is 12.2. The van der Waals surface area contributed by atoms with Gasteiger partial charge in [0.2, 0.25) is 0 Å². The number of carbonyl (C=O) groups is 1. The molecular weight excluding hydrogens is 362 g/mol. The number of thiophene rings is 1. The number of hydrogen-bond acceptors (Lipinski definition) is 5. The van der Waals surface area contributed by atoms with Gasteiger partial charge in [0.25, 0.3) is 0 Å². The third-order valence-corrected chi connectivity index (χ3v) is 5.50. The monoisotopic (exact) mass is 389 g/mol. The van der Waals surface area contributed by atoms with E-state index in [9.17, 15) is 4.79 Å². The van der Waals surface area contributed by atoms with Gasteiger partial charge in [0.05, 0.1) is 12.1 Å². The molecule has 7 heteroatoms. The summed E-state index contributed by atoms with van der Waals surface area (Å²) in [6.07, 6.45) is 2.36. The first-order valence-electron chi connectivity index (χ1n) is 9.21. The summed E-state index contributed by atoms with van der Waals surface area (Å²) < 4.78 is 11.3. The van der Waals surface area contributed by atoms with Gasteiger partial charge in [0, 0.05) is 23.7 Å². The van der Waals surface area contributed by atoms with E-state index >= 15 is 0 Å². The highest BCUT2D eigenvalue weighted by Crippen LogP contribution is 2.22. The maximum Gasteiger partial charge on any atom is 0.319 e. The fourth-order valence-electron chi connectivity index (χ4n) is 2.98. The van der Waals surface area contributed by atoms with Crippen LogP contribution in [0.5, 0.6) is 5.75 Å². The highest BCUT2D eigenvalue weighted by molar-refractivity contribution is 7.10. The minimum absolute atomic E-state index is 0.157. The van der Waals surface area contributed by atoms with Gasteiger partial charge in [0.15, 0.2) is 0 Å². The van der Waals surface area contributed by atoms with E-state index in [1.807, 2.05) is 49.8 Å². The molecule has 0 bridgehead atoms. The molecular formula is C20H27N3O3S. The first kappa shape index (κ1) is 19.7. The van der Waals surface area contributed by atoms with Crippen LogP contribution in [0.2, 0.25) is 0 Å². The second kappa shape index (κ2) is 9.73. The van der Waals surface area contributed by atoms with Crippen LogP contribution in [0.3, 0.4) is 0 Å². The van der Waals surface area contributed by atoms with Crippen molar-refractivity contribution in [3.05, 3.63) is 46.7 Å². The number of carbonyl (C=O) groups excluding carboxylic acids is 1. The van der Waals surface area contributed by atoms with Crippen LogP contribution >= 0.6 is 11.3 Å². The van der Waals surface area contributed by atoms with Crippen LogP contribution in [0.15, 0.2) is 41.8 Å². The number of hydrogen-bond donors (Lipinski definition) is 2. The molecule has 0 aliphatic carbocycles. The Bertz CT molecular complexity index is 698. The number of nitrogens with one attached hydrogen (secondary N) is 2. The van der Waals surface area contributed by atoms with Gasteiger partial charge in [-0.1, -0.05) is 6.07 Å². The third kappa shape index (κ3) is 5.95. The van der Waals surface area contributed by atoms with E-state index in [-0.39, 0.29) is 18.2 Å². The summed E-state index contributed by atoms with van der Waals surface area (Å²) in [6.45, 7) is 1.94. The van der Waals surface area contributed by atoms with Crippen molar-refractivity contribution in [3.8, 4) is 5.75 Å². The zero-order valence-corrected chi connectivity index (χ0v) is 16.6. The number of anilines is 1. The van der Waals surface area contributed by atoms with Gasteiger partial charge >= 0.3 is 6.03 Å². The first-order valence-corrected chi connectivity index (χ1v) is 10.1. The van der Waals surface area contributed by atoms with Crippen molar-refractivity contribution in [1.29, 1.82) is 0 Å². The van der Waals surface area contributed by atoms with Crippen molar-refractivity contribution in [2.75, 3.05) is 39.2 Å². The lowest BCUT2D eigenvalue weighted by atomic mass is 10.2. The lowest BCUT2D eigenvalue weighted by molar-refractivity contribution is 0.0679. The summed E-state index contributed by atoms with van der Waals surface area (Å²) in [5.41, 5.74) is 0.731. The summed E-state index contributed by atoms with van der Waals surface area (Å²) in [7, 11) is 4.03. The molecule has 1 aromatic heterocycles. The predicted molar refractivity (Wildman–Crippen MR) is 109 cm³/mol. The van der Waals surface area contributed by atoms with Gasteiger partial charge in [0.1, 0.15) is 12.4 Å². The van der Waals surface area contributed by atoms with E-state index in [4.69, 9.17) is 9.47 Å². The number of ether oxygens (including phenoxy) is 2. The second-order valence-electron chi connectivity index (χ2n) is 6.80. The molecule has 146 valence electrons. The smallest absolute Gasteiger partial charge is 0.319 e. The number of nitrogens with zero attached hydrogens (tertiary/aromatic N) is 1.